The van der Waals surface area contributed by atoms with E-state index in [9.17, 15) is 12.8 Å². The van der Waals surface area contributed by atoms with Gasteiger partial charge in [0.15, 0.2) is 0 Å². The van der Waals surface area contributed by atoms with Gasteiger partial charge in [-0.1, -0.05) is 23.2 Å². The van der Waals surface area contributed by atoms with Crippen molar-refractivity contribution in [2.24, 2.45) is 0 Å². The summed E-state index contributed by atoms with van der Waals surface area (Å²) in [5.41, 5.74) is 0. The van der Waals surface area contributed by atoms with Crippen molar-refractivity contribution in [3.8, 4) is 0 Å². The monoisotopic (exact) mass is 196 g/mol. The van der Waals surface area contributed by atoms with Gasteiger partial charge in [-0.05, 0) is 0 Å². The maximum atomic E-state index is 11.9. The highest BCUT2D eigenvalue weighted by Gasteiger charge is 2.29. The van der Waals surface area contributed by atoms with Crippen LogP contribution in [0.2, 0.25) is 0 Å². The van der Waals surface area contributed by atoms with Gasteiger partial charge in [-0.2, -0.15) is 8.42 Å². The van der Waals surface area contributed by atoms with E-state index in [1.165, 1.54) is 0 Å². The van der Waals surface area contributed by atoms with Crippen LogP contribution in [0.25, 0.3) is 0 Å². The van der Waals surface area contributed by atoms with Gasteiger partial charge in [0, 0.05) is 0 Å². The van der Waals surface area contributed by atoms with Crippen LogP contribution in [0.3, 0.4) is 0 Å². The van der Waals surface area contributed by atoms with Gasteiger partial charge in [0.2, 0.25) is 0 Å². The molecule has 0 saturated heterocycles. The number of rotatable bonds is 2. The van der Waals surface area contributed by atoms with E-state index >= 15 is 0 Å². The lowest BCUT2D eigenvalue weighted by Gasteiger charge is -2.03. The zero-order valence-electron chi connectivity index (χ0n) is 4.01. The molecule has 0 bridgehead atoms. The Kier molecular flexibility index (Phi) is 2.69. The summed E-state index contributed by atoms with van der Waals surface area (Å²) in [5, 5.41) is 0. The molecule has 0 rings (SSSR count). The Labute approximate surface area is 61.5 Å². The van der Waals surface area contributed by atoms with Gasteiger partial charge >= 0.3 is 0 Å². The van der Waals surface area contributed by atoms with Crippen molar-refractivity contribution < 1.29 is 17.4 Å². The summed E-state index contributed by atoms with van der Waals surface area (Å²) in [4.78, 5) is 0. The Hall–Kier alpha value is 0.420. The minimum atomic E-state index is -4.42. The Morgan fingerprint density at radius 1 is 1.56 bits per heavy atom. The van der Waals surface area contributed by atoms with E-state index in [0.717, 1.165) is 0 Å². The smallest absolute Gasteiger partial charge is 0.273 e. The molecule has 0 aliphatic rings. The molecule has 0 amide bonds. The molecular weight excluding hydrogens is 194 g/mol. The number of alkyl halides is 3. The van der Waals surface area contributed by atoms with E-state index in [-0.39, 0.29) is 0 Å². The van der Waals surface area contributed by atoms with Gasteiger partial charge in [-0.15, -0.1) is 0 Å². The molecule has 9 heavy (non-hydrogen) atoms. The van der Waals surface area contributed by atoms with Crippen molar-refractivity contribution in [3.05, 3.63) is 0 Å². The van der Waals surface area contributed by atoms with Crippen LogP contribution < -0.4 is 0 Å². The number of halogens is 3. The Balaban J connectivity index is 4.07. The predicted molar refractivity (Wildman–Crippen MR) is 32.0 cm³/mol. The lowest BCUT2D eigenvalue weighted by Crippen LogP contribution is -2.19. The highest BCUT2D eigenvalue weighted by molar-refractivity contribution is 7.86. The number of hydrogen-bond donors (Lipinski definition) is 1. The average Bonchev–Trinajstić information content (AvgIpc) is 1.14. The summed E-state index contributed by atoms with van der Waals surface area (Å²) in [6.07, 6.45) is 0. The van der Waals surface area contributed by atoms with Gasteiger partial charge in [0.05, 0.1) is 0 Å². The van der Waals surface area contributed by atoms with Crippen molar-refractivity contribution in [3.63, 3.8) is 0 Å². The molecular formula is C2H3Cl2FO3S. The summed E-state index contributed by atoms with van der Waals surface area (Å²) >= 11 is 9.15. The lowest BCUT2D eigenvalue weighted by molar-refractivity contribution is 0.404. The van der Waals surface area contributed by atoms with E-state index in [1.807, 2.05) is 0 Å². The van der Waals surface area contributed by atoms with Crippen LogP contribution in [0, 0.1) is 0 Å². The first-order valence-electron chi connectivity index (χ1n) is 1.73. The first kappa shape index (κ1) is 9.42. The highest BCUT2D eigenvalue weighted by atomic mass is 35.5. The second-order valence-corrected chi connectivity index (χ2v) is 4.19. The van der Waals surface area contributed by atoms with Crippen LogP contribution in [-0.2, 0) is 10.1 Å². The van der Waals surface area contributed by atoms with Gasteiger partial charge in [-0.3, -0.25) is 4.55 Å². The van der Waals surface area contributed by atoms with Crippen LogP contribution in [0.15, 0.2) is 0 Å². The fraction of sp³-hybridized carbons (Fsp3) is 1.00. The first-order chi connectivity index (χ1) is 3.71. The molecule has 0 radical (unpaired) electrons. The zero-order chi connectivity index (χ0) is 7.71. The third-order valence-electron chi connectivity index (χ3n) is 0.346. The van der Waals surface area contributed by atoms with E-state index in [4.69, 9.17) is 4.55 Å². The summed E-state index contributed by atoms with van der Waals surface area (Å²) in [5.74, 6) is -1.32. The molecule has 0 aromatic rings. The molecule has 1 N–H and O–H groups in total. The minimum Gasteiger partial charge on any atom is -0.285 e. The molecule has 0 spiro atoms. The molecule has 0 aliphatic carbocycles. The third kappa shape index (κ3) is 8.42. The molecule has 0 aromatic carbocycles. The molecule has 0 aliphatic heterocycles. The predicted octanol–water partition coefficient (Wildman–Crippen LogP) is 0.975. The fourth-order valence-corrected chi connectivity index (χ4v) is 1.45. The topological polar surface area (TPSA) is 54.4 Å². The Morgan fingerprint density at radius 3 is 1.89 bits per heavy atom. The maximum absolute atomic E-state index is 11.9. The summed E-state index contributed by atoms with van der Waals surface area (Å²) in [6.45, 7) is 0. The van der Waals surface area contributed by atoms with Gasteiger partial charge in [0.1, 0.15) is 5.75 Å². The molecule has 0 atom stereocenters. The standard InChI is InChI=1S/C2H3Cl2FO3S/c3-2(4,5)1-9(6,7)8/h1H2,(H,6,7,8). The summed E-state index contributed by atoms with van der Waals surface area (Å²) < 4.78 is 36.5. The van der Waals surface area contributed by atoms with Crippen LogP contribution in [0.4, 0.5) is 4.39 Å². The highest BCUT2D eigenvalue weighted by Crippen LogP contribution is 2.23. The van der Waals surface area contributed by atoms with Crippen LogP contribution in [-0.4, -0.2) is 23.3 Å². The summed E-state index contributed by atoms with van der Waals surface area (Å²) in [6, 6.07) is 0. The van der Waals surface area contributed by atoms with E-state index < -0.39 is 20.5 Å². The second-order valence-electron chi connectivity index (χ2n) is 1.34. The molecule has 0 saturated carbocycles. The normalized spacial score (nSPS) is 13.8. The first-order valence-corrected chi connectivity index (χ1v) is 4.09. The summed E-state index contributed by atoms with van der Waals surface area (Å²) in [7, 11) is -4.42. The fourth-order valence-electron chi connectivity index (χ4n) is 0.207. The average molecular weight is 197 g/mol. The number of hydrogen-bond acceptors (Lipinski definition) is 2. The molecule has 7 heteroatoms. The van der Waals surface area contributed by atoms with Gasteiger partial charge < -0.3 is 0 Å². The van der Waals surface area contributed by atoms with Crippen molar-refractivity contribution in [1.29, 1.82) is 0 Å². The molecule has 56 valence electrons. The molecule has 3 nitrogen and oxygen atoms in total. The van der Waals surface area contributed by atoms with E-state index in [2.05, 4.69) is 23.2 Å². The molecule has 0 unspecified atom stereocenters. The third-order valence-corrected chi connectivity index (χ3v) is 1.69. The van der Waals surface area contributed by atoms with Crippen LogP contribution in [0.1, 0.15) is 0 Å². The van der Waals surface area contributed by atoms with Crippen LogP contribution >= 0.6 is 23.2 Å². The second kappa shape index (κ2) is 2.57. The van der Waals surface area contributed by atoms with Crippen LogP contribution in [0.5, 0.6) is 0 Å². The minimum absolute atomic E-state index is 1.32. The van der Waals surface area contributed by atoms with Crippen molar-refractivity contribution in [2.75, 3.05) is 5.75 Å². The molecule has 0 fully saturated rings. The molecule has 0 heterocycles. The van der Waals surface area contributed by atoms with Gasteiger partial charge in [-0.25, -0.2) is 4.39 Å². The quantitative estimate of drug-likeness (QED) is 0.530. The molecule has 0 aromatic heterocycles. The lowest BCUT2D eigenvalue weighted by atomic mass is 10.9. The van der Waals surface area contributed by atoms with Crippen molar-refractivity contribution >= 4 is 33.3 Å². The zero-order valence-corrected chi connectivity index (χ0v) is 6.34. The Bertz CT molecular complexity index is 180. The Morgan fingerprint density at radius 2 is 1.89 bits per heavy atom. The van der Waals surface area contributed by atoms with Crippen molar-refractivity contribution in [1.82, 2.24) is 0 Å². The largest absolute Gasteiger partial charge is 0.285 e. The van der Waals surface area contributed by atoms with Crippen molar-refractivity contribution in [2.45, 2.75) is 4.59 Å². The maximum Gasteiger partial charge on any atom is 0.273 e. The van der Waals surface area contributed by atoms with Gasteiger partial charge in [0.25, 0.3) is 14.7 Å². The van der Waals surface area contributed by atoms with E-state index in [0.29, 0.717) is 0 Å². The SMILES string of the molecule is O=S(=O)(O)CC(F)(Cl)Cl. The van der Waals surface area contributed by atoms with E-state index in [1.54, 1.807) is 0 Å².